The summed E-state index contributed by atoms with van der Waals surface area (Å²) in [5.41, 5.74) is 6.33. The minimum absolute atomic E-state index is 0.0744. The van der Waals surface area contributed by atoms with Gasteiger partial charge in [0.25, 0.3) is 0 Å². The molecule has 94 valence electrons. The number of rotatable bonds is 5. The number of carbonyl (C=O) groups excluding carboxylic acids is 1. The fourth-order valence-corrected chi connectivity index (χ4v) is 1.66. The number of nitrogen functional groups attached to an aromatic ring is 1. The summed E-state index contributed by atoms with van der Waals surface area (Å²) >= 11 is 5.79. The largest absolute Gasteiger partial charge is 0.396 e. The van der Waals surface area contributed by atoms with E-state index in [1.165, 1.54) is 6.20 Å². The first-order chi connectivity index (χ1) is 8.08. The van der Waals surface area contributed by atoms with Gasteiger partial charge in [0.1, 0.15) is 0 Å². The highest BCUT2D eigenvalue weighted by molar-refractivity contribution is 6.30. The number of hydrogen-bond donors (Lipinski definition) is 2. The Labute approximate surface area is 106 Å². The van der Waals surface area contributed by atoms with Gasteiger partial charge in [-0.2, -0.15) is 0 Å². The fraction of sp³-hybridized carbons (Fsp3) is 0.455. The lowest BCUT2D eigenvalue weighted by atomic mass is 10.3. The molecule has 1 amide bonds. The average Bonchev–Trinajstić information content (AvgIpc) is 2.28. The zero-order chi connectivity index (χ0) is 12.8. The van der Waals surface area contributed by atoms with E-state index in [-0.39, 0.29) is 12.5 Å². The molecule has 0 aliphatic heterocycles. The van der Waals surface area contributed by atoms with Gasteiger partial charge in [-0.05, 0) is 12.5 Å². The van der Waals surface area contributed by atoms with Crippen LogP contribution in [0.25, 0.3) is 0 Å². The third kappa shape index (κ3) is 3.78. The standard InChI is InChI=1S/C11H17ClN4O/c1-3-4-16(7-10(17)14-2)11-9(13)5-8(12)6-15-11/h5-6H,3-4,7,13H2,1-2H3,(H,14,17). The van der Waals surface area contributed by atoms with Crippen molar-refractivity contribution >= 4 is 29.0 Å². The highest BCUT2D eigenvalue weighted by Crippen LogP contribution is 2.23. The van der Waals surface area contributed by atoms with E-state index in [0.717, 1.165) is 6.42 Å². The first-order valence-corrected chi connectivity index (χ1v) is 5.82. The number of aromatic nitrogens is 1. The number of nitrogens with zero attached hydrogens (tertiary/aromatic N) is 2. The summed E-state index contributed by atoms with van der Waals surface area (Å²) in [6, 6.07) is 1.64. The van der Waals surface area contributed by atoms with Gasteiger partial charge in [-0.15, -0.1) is 0 Å². The lowest BCUT2D eigenvalue weighted by Gasteiger charge is -2.23. The lowest BCUT2D eigenvalue weighted by molar-refractivity contribution is -0.119. The van der Waals surface area contributed by atoms with E-state index < -0.39 is 0 Å². The Morgan fingerprint density at radius 3 is 2.88 bits per heavy atom. The van der Waals surface area contributed by atoms with E-state index in [2.05, 4.69) is 10.3 Å². The van der Waals surface area contributed by atoms with Crippen LogP contribution in [0.5, 0.6) is 0 Å². The van der Waals surface area contributed by atoms with Crippen LogP contribution >= 0.6 is 11.6 Å². The van der Waals surface area contributed by atoms with Crippen molar-refractivity contribution in [1.82, 2.24) is 10.3 Å². The maximum absolute atomic E-state index is 11.4. The van der Waals surface area contributed by atoms with Crippen molar-refractivity contribution in [2.45, 2.75) is 13.3 Å². The van der Waals surface area contributed by atoms with E-state index in [4.69, 9.17) is 17.3 Å². The maximum Gasteiger partial charge on any atom is 0.239 e. The molecule has 0 bridgehead atoms. The van der Waals surface area contributed by atoms with Crippen LogP contribution in [0.3, 0.4) is 0 Å². The Morgan fingerprint density at radius 2 is 2.35 bits per heavy atom. The highest BCUT2D eigenvalue weighted by atomic mass is 35.5. The third-order valence-electron chi connectivity index (χ3n) is 2.27. The predicted molar refractivity (Wildman–Crippen MR) is 70.2 cm³/mol. The molecule has 0 radical (unpaired) electrons. The van der Waals surface area contributed by atoms with Gasteiger partial charge in [0.15, 0.2) is 5.82 Å². The van der Waals surface area contributed by atoms with Crippen LogP contribution in [0.4, 0.5) is 11.5 Å². The van der Waals surface area contributed by atoms with Crippen molar-refractivity contribution < 1.29 is 4.79 Å². The van der Waals surface area contributed by atoms with Crippen LogP contribution in [0.15, 0.2) is 12.3 Å². The molecule has 0 spiro atoms. The molecule has 1 rings (SSSR count). The quantitative estimate of drug-likeness (QED) is 0.833. The Bertz CT molecular complexity index is 397. The molecule has 17 heavy (non-hydrogen) atoms. The Kier molecular flexibility index (Phi) is 5.03. The van der Waals surface area contributed by atoms with Gasteiger partial charge in [0, 0.05) is 19.8 Å². The first kappa shape index (κ1) is 13.6. The van der Waals surface area contributed by atoms with Gasteiger partial charge in [0.2, 0.25) is 5.91 Å². The molecule has 5 nitrogen and oxygen atoms in total. The molecule has 1 aromatic rings. The van der Waals surface area contributed by atoms with E-state index in [1.807, 2.05) is 11.8 Å². The molecule has 1 heterocycles. The minimum atomic E-state index is -0.0744. The van der Waals surface area contributed by atoms with E-state index in [9.17, 15) is 4.79 Å². The average molecular weight is 257 g/mol. The first-order valence-electron chi connectivity index (χ1n) is 5.45. The van der Waals surface area contributed by atoms with Gasteiger partial charge in [-0.3, -0.25) is 4.79 Å². The lowest BCUT2D eigenvalue weighted by Crippen LogP contribution is -2.37. The smallest absolute Gasteiger partial charge is 0.239 e. The van der Waals surface area contributed by atoms with Gasteiger partial charge < -0.3 is 16.0 Å². The Morgan fingerprint density at radius 1 is 1.65 bits per heavy atom. The number of halogens is 1. The number of amides is 1. The molecule has 3 N–H and O–H groups in total. The summed E-state index contributed by atoms with van der Waals surface area (Å²) in [5, 5.41) is 3.07. The Hall–Kier alpha value is -1.49. The van der Waals surface area contributed by atoms with E-state index >= 15 is 0 Å². The monoisotopic (exact) mass is 256 g/mol. The van der Waals surface area contributed by atoms with Crippen LogP contribution in [0, 0.1) is 0 Å². The molecule has 1 aromatic heterocycles. The number of nitrogens with one attached hydrogen (secondary N) is 1. The van der Waals surface area contributed by atoms with Crippen molar-refractivity contribution in [1.29, 1.82) is 0 Å². The van der Waals surface area contributed by atoms with Crippen LogP contribution < -0.4 is 16.0 Å². The number of likely N-dealkylation sites (N-methyl/N-ethyl adjacent to an activating group) is 1. The molecular weight excluding hydrogens is 240 g/mol. The fourth-order valence-electron chi connectivity index (χ4n) is 1.49. The predicted octanol–water partition coefficient (Wildman–Crippen LogP) is 1.28. The van der Waals surface area contributed by atoms with Crippen molar-refractivity contribution in [3.05, 3.63) is 17.3 Å². The molecule has 0 saturated heterocycles. The van der Waals surface area contributed by atoms with Crippen molar-refractivity contribution in [2.24, 2.45) is 0 Å². The van der Waals surface area contributed by atoms with E-state index in [1.54, 1.807) is 13.1 Å². The van der Waals surface area contributed by atoms with Gasteiger partial charge in [-0.25, -0.2) is 4.98 Å². The number of nitrogens with two attached hydrogens (primary N) is 1. The van der Waals surface area contributed by atoms with Gasteiger partial charge in [-0.1, -0.05) is 18.5 Å². The second kappa shape index (κ2) is 6.30. The molecular formula is C11H17ClN4O. The summed E-state index contributed by atoms with van der Waals surface area (Å²) < 4.78 is 0. The van der Waals surface area contributed by atoms with Crippen molar-refractivity contribution in [3.8, 4) is 0 Å². The molecule has 0 atom stereocenters. The second-order valence-electron chi connectivity index (χ2n) is 3.66. The summed E-state index contributed by atoms with van der Waals surface area (Å²) in [7, 11) is 1.60. The molecule has 0 unspecified atom stereocenters. The maximum atomic E-state index is 11.4. The molecule has 0 saturated carbocycles. The molecule has 0 aliphatic carbocycles. The van der Waals surface area contributed by atoms with Crippen LogP contribution in [0.1, 0.15) is 13.3 Å². The molecule has 0 fully saturated rings. The number of carbonyl (C=O) groups is 1. The van der Waals surface area contributed by atoms with Crippen LogP contribution in [-0.4, -0.2) is 31.0 Å². The Balaban J connectivity index is 2.92. The summed E-state index contributed by atoms with van der Waals surface area (Å²) in [4.78, 5) is 17.4. The summed E-state index contributed by atoms with van der Waals surface area (Å²) in [6.45, 7) is 2.98. The van der Waals surface area contributed by atoms with Crippen molar-refractivity contribution in [3.63, 3.8) is 0 Å². The van der Waals surface area contributed by atoms with E-state index in [0.29, 0.717) is 23.1 Å². The normalized spacial score (nSPS) is 10.1. The zero-order valence-electron chi connectivity index (χ0n) is 10.0. The van der Waals surface area contributed by atoms with Crippen LogP contribution in [-0.2, 0) is 4.79 Å². The molecule has 0 aromatic carbocycles. The molecule has 6 heteroatoms. The van der Waals surface area contributed by atoms with Gasteiger partial charge >= 0.3 is 0 Å². The number of anilines is 2. The molecule has 0 aliphatic rings. The summed E-state index contributed by atoms with van der Waals surface area (Å²) in [6.07, 6.45) is 2.43. The summed E-state index contributed by atoms with van der Waals surface area (Å²) in [5.74, 6) is 0.523. The van der Waals surface area contributed by atoms with Gasteiger partial charge in [0.05, 0.1) is 17.3 Å². The zero-order valence-corrected chi connectivity index (χ0v) is 10.8. The number of pyridine rings is 1. The SMILES string of the molecule is CCCN(CC(=O)NC)c1ncc(Cl)cc1N. The second-order valence-corrected chi connectivity index (χ2v) is 4.10. The topological polar surface area (TPSA) is 71.2 Å². The van der Waals surface area contributed by atoms with Crippen molar-refractivity contribution in [2.75, 3.05) is 30.8 Å². The highest BCUT2D eigenvalue weighted by Gasteiger charge is 2.14. The van der Waals surface area contributed by atoms with Crippen LogP contribution in [0.2, 0.25) is 5.02 Å². The third-order valence-corrected chi connectivity index (χ3v) is 2.47. The number of hydrogen-bond acceptors (Lipinski definition) is 4. The minimum Gasteiger partial charge on any atom is -0.396 e.